The molecule has 0 aromatic heterocycles. The second-order valence-corrected chi connectivity index (χ2v) is 26.5. The van der Waals surface area contributed by atoms with E-state index >= 15 is 4.39 Å². The summed E-state index contributed by atoms with van der Waals surface area (Å²) in [5.41, 5.74) is -1.27. The molecular formula is C36H61F5O6Si2. The molecule has 1 aromatic carbocycles. The number of hydrogen-bond donors (Lipinski definition) is 0. The molecule has 1 saturated heterocycles. The second-order valence-electron chi connectivity index (χ2n) is 15.6. The maximum atomic E-state index is 15.5. The summed E-state index contributed by atoms with van der Waals surface area (Å²) in [5, 5.41) is 0. The van der Waals surface area contributed by atoms with Crippen LogP contribution in [0.4, 0.5) is 22.0 Å². The largest absolute Gasteiger partial charge is 0.488 e. The van der Waals surface area contributed by atoms with Crippen molar-refractivity contribution in [2.45, 2.75) is 154 Å². The van der Waals surface area contributed by atoms with E-state index in [2.05, 4.69) is 83.1 Å². The predicted molar refractivity (Wildman–Crippen MR) is 188 cm³/mol. The average Bonchev–Trinajstić information content (AvgIpc) is 3.25. The highest BCUT2D eigenvalue weighted by Crippen LogP contribution is 2.55. The standard InChI is InChI=1S/C36H61F5O6Si2/c1-21(2)48(22(3)4,23(5)6)45-19-17-43-32-28(15-16-29(37)31(32)38)30-27(13)35(14,36(39,40)41)47-33(30)34(42)44-18-20-46-49(24(7)8,25(9)10)26(11)12/h15-16,21-27,30,33H,17-20H2,1-14H3/t27-,30-,33+,35+/m0/s1. The van der Waals surface area contributed by atoms with Gasteiger partial charge in [0.2, 0.25) is 5.82 Å². The molecule has 1 aliphatic rings. The van der Waals surface area contributed by atoms with Gasteiger partial charge in [-0.15, -0.1) is 0 Å². The van der Waals surface area contributed by atoms with Gasteiger partial charge in [-0.1, -0.05) is 96.1 Å². The van der Waals surface area contributed by atoms with E-state index in [0.29, 0.717) is 0 Å². The summed E-state index contributed by atoms with van der Waals surface area (Å²) in [7, 11) is -4.61. The number of esters is 1. The molecule has 0 saturated carbocycles. The highest BCUT2D eigenvalue weighted by Gasteiger charge is 2.66. The molecule has 0 aliphatic carbocycles. The van der Waals surface area contributed by atoms with E-state index in [1.165, 1.54) is 6.92 Å². The summed E-state index contributed by atoms with van der Waals surface area (Å²) in [5.74, 6) is -6.95. The van der Waals surface area contributed by atoms with Gasteiger partial charge in [-0.3, -0.25) is 0 Å². The van der Waals surface area contributed by atoms with Crippen LogP contribution in [0.15, 0.2) is 12.1 Å². The number of hydrogen-bond acceptors (Lipinski definition) is 6. The van der Waals surface area contributed by atoms with Crippen molar-refractivity contribution >= 4 is 22.6 Å². The summed E-state index contributed by atoms with van der Waals surface area (Å²) < 4.78 is 103. The SMILES string of the molecule is CC(C)[Si](OCCOC(=O)[C@@H]1O[C@@](C)(C(F)(F)F)[C@@H](C)[C@H]1c1ccc(F)c(F)c1OCCO[Si](C(C)C)(C(C)C)C(C)C)(C(C)C)C(C)C. The number of carbonyl (C=O) groups is 1. The van der Waals surface area contributed by atoms with Crippen LogP contribution in [0.3, 0.4) is 0 Å². The van der Waals surface area contributed by atoms with Crippen molar-refractivity contribution in [1.82, 2.24) is 0 Å². The van der Waals surface area contributed by atoms with E-state index in [1.54, 1.807) is 0 Å². The zero-order valence-corrected chi connectivity index (χ0v) is 34.0. The molecule has 0 unspecified atom stereocenters. The minimum atomic E-state index is -4.88. The molecule has 0 spiro atoms. The van der Waals surface area contributed by atoms with Gasteiger partial charge in [0.25, 0.3) is 0 Å². The van der Waals surface area contributed by atoms with Crippen molar-refractivity contribution in [2.24, 2.45) is 5.92 Å². The van der Waals surface area contributed by atoms with Gasteiger partial charge in [-0.25, -0.2) is 9.18 Å². The summed E-state index contributed by atoms with van der Waals surface area (Å²) >= 11 is 0. The molecule has 284 valence electrons. The molecule has 49 heavy (non-hydrogen) atoms. The van der Waals surface area contributed by atoms with Crippen LogP contribution in [-0.2, 0) is 23.1 Å². The minimum absolute atomic E-state index is 0.0729. The fraction of sp³-hybridized carbons (Fsp3) is 0.806. The van der Waals surface area contributed by atoms with Gasteiger partial charge in [0.15, 0.2) is 39.9 Å². The normalized spacial score (nSPS) is 22.4. The third-order valence-corrected chi connectivity index (χ3v) is 23.4. The topological polar surface area (TPSA) is 63.2 Å². The zero-order valence-electron chi connectivity index (χ0n) is 32.0. The molecule has 4 atom stereocenters. The number of alkyl halides is 3. The Morgan fingerprint density at radius 3 is 1.61 bits per heavy atom. The summed E-state index contributed by atoms with van der Waals surface area (Å²) in [6.07, 6.45) is -6.65. The van der Waals surface area contributed by atoms with E-state index in [0.717, 1.165) is 19.1 Å². The molecule has 0 bridgehead atoms. The minimum Gasteiger partial charge on any atom is -0.488 e. The van der Waals surface area contributed by atoms with Gasteiger partial charge >= 0.3 is 12.1 Å². The third kappa shape index (κ3) is 8.58. The lowest BCUT2D eigenvalue weighted by Crippen LogP contribution is -2.48. The fourth-order valence-electron chi connectivity index (χ4n) is 8.76. The van der Waals surface area contributed by atoms with Crippen molar-refractivity contribution in [2.75, 3.05) is 26.4 Å². The molecule has 6 nitrogen and oxygen atoms in total. The van der Waals surface area contributed by atoms with E-state index in [4.69, 9.17) is 23.1 Å². The van der Waals surface area contributed by atoms with Gasteiger partial charge < -0.3 is 23.1 Å². The highest BCUT2D eigenvalue weighted by atomic mass is 28.4. The molecule has 2 rings (SSSR count). The van der Waals surface area contributed by atoms with E-state index in [-0.39, 0.29) is 65.2 Å². The van der Waals surface area contributed by atoms with Gasteiger partial charge in [0.05, 0.1) is 13.2 Å². The number of halogens is 5. The Morgan fingerprint density at radius 1 is 0.776 bits per heavy atom. The molecule has 1 fully saturated rings. The Hall–Kier alpha value is -1.55. The van der Waals surface area contributed by atoms with Gasteiger partial charge in [0, 0.05) is 17.4 Å². The van der Waals surface area contributed by atoms with Crippen LogP contribution in [0.2, 0.25) is 33.2 Å². The molecule has 0 amide bonds. The molecule has 1 aliphatic heterocycles. The van der Waals surface area contributed by atoms with Crippen LogP contribution in [0.25, 0.3) is 0 Å². The maximum absolute atomic E-state index is 15.5. The van der Waals surface area contributed by atoms with Gasteiger partial charge in [-0.05, 0) is 46.2 Å². The van der Waals surface area contributed by atoms with Crippen molar-refractivity contribution in [3.05, 3.63) is 29.3 Å². The van der Waals surface area contributed by atoms with Crippen LogP contribution in [-0.4, -0.2) is 66.9 Å². The molecule has 0 N–H and O–H groups in total. The third-order valence-electron chi connectivity index (χ3n) is 11.1. The Balaban J connectivity index is 2.43. The molecule has 1 aromatic rings. The second kappa shape index (κ2) is 16.9. The van der Waals surface area contributed by atoms with Crippen molar-refractivity contribution in [1.29, 1.82) is 0 Å². The molecule has 13 heteroatoms. The lowest BCUT2D eigenvalue weighted by Gasteiger charge is -2.42. The Labute approximate surface area is 293 Å². The van der Waals surface area contributed by atoms with Crippen molar-refractivity contribution < 1.29 is 49.8 Å². The van der Waals surface area contributed by atoms with Crippen LogP contribution in [0.5, 0.6) is 5.75 Å². The smallest absolute Gasteiger partial charge is 0.417 e. The first kappa shape index (κ1) is 43.6. The number of rotatable bonds is 17. The first-order chi connectivity index (χ1) is 22.4. The van der Waals surface area contributed by atoms with E-state index < -0.39 is 69.7 Å². The highest BCUT2D eigenvalue weighted by molar-refractivity contribution is 6.78. The Kier molecular flexibility index (Phi) is 15.0. The Morgan fingerprint density at radius 2 is 1.20 bits per heavy atom. The molecule has 0 radical (unpaired) electrons. The van der Waals surface area contributed by atoms with Gasteiger partial charge in [-0.2, -0.15) is 17.6 Å². The van der Waals surface area contributed by atoms with Crippen LogP contribution < -0.4 is 4.74 Å². The zero-order chi connectivity index (χ0) is 37.9. The fourth-order valence-corrected chi connectivity index (χ4v) is 19.6. The average molecular weight is 741 g/mol. The predicted octanol–water partition coefficient (Wildman–Crippen LogP) is 10.7. The number of benzene rings is 1. The quantitative estimate of drug-likeness (QED) is 0.0686. The van der Waals surface area contributed by atoms with E-state index in [9.17, 15) is 22.4 Å². The first-order valence-corrected chi connectivity index (χ1v) is 22.0. The summed E-state index contributed by atoms with van der Waals surface area (Å²) in [4.78, 5) is 13.6. The van der Waals surface area contributed by atoms with Crippen LogP contribution in [0, 0.1) is 17.6 Å². The first-order valence-electron chi connectivity index (χ1n) is 17.7. The molecular weight excluding hydrogens is 680 g/mol. The number of ether oxygens (including phenoxy) is 3. The lowest BCUT2D eigenvalue weighted by molar-refractivity contribution is -0.274. The summed E-state index contributed by atoms with van der Waals surface area (Å²) in [6.45, 7) is 27.2. The lowest BCUT2D eigenvalue weighted by atomic mass is 9.77. The molecule has 1 heterocycles. The van der Waals surface area contributed by atoms with Crippen molar-refractivity contribution in [3.8, 4) is 5.75 Å². The van der Waals surface area contributed by atoms with Crippen LogP contribution in [0.1, 0.15) is 108 Å². The van der Waals surface area contributed by atoms with E-state index in [1.807, 2.05) is 0 Å². The Bertz CT molecular complexity index is 1200. The maximum Gasteiger partial charge on any atom is 0.417 e. The monoisotopic (exact) mass is 740 g/mol. The number of carbonyl (C=O) groups excluding carboxylic acids is 1. The summed E-state index contributed by atoms with van der Waals surface area (Å²) in [6, 6.07) is 1.98. The van der Waals surface area contributed by atoms with Crippen molar-refractivity contribution in [3.63, 3.8) is 0 Å². The van der Waals surface area contributed by atoms with Crippen LogP contribution >= 0.6 is 0 Å². The van der Waals surface area contributed by atoms with Gasteiger partial charge in [0.1, 0.15) is 13.2 Å².